The zero-order valence-corrected chi connectivity index (χ0v) is 16.1. The van der Waals surface area contributed by atoms with Crippen molar-refractivity contribution in [3.05, 3.63) is 27.5 Å². The third kappa shape index (κ3) is 5.09. The predicted octanol–water partition coefficient (Wildman–Crippen LogP) is 1.98. The summed E-state index contributed by atoms with van der Waals surface area (Å²) < 4.78 is 10.3. The van der Waals surface area contributed by atoms with Gasteiger partial charge in [-0.3, -0.25) is 9.59 Å². The van der Waals surface area contributed by atoms with Crippen molar-refractivity contribution in [2.75, 3.05) is 24.6 Å². The lowest BCUT2D eigenvalue weighted by molar-refractivity contribution is -0.160. The van der Waals surface area contributed by atoms with Crippen molar-refractivity contribution >= 4 is 17.8 Å². The van der Waals surface area contributed by atoms with Gasteiger partial charge in [-0.2, -0.15) is 5.26 Å². The molecule has 0 aromatic carbocycles. The summed E-state index contributed by atoms with van der Waals surface area (Å²) in [5, 5.41) is 9.42. The first kappa shape index (κ1) is 20.5. The smallest absolute Gasteiger partial charge is 0.343 e. The maximum absolute atomic E-state index is 12.2. The third-order valence-corrected chi connectivity index (χ3v) is 4.19. The van der Waals surface area contributed by atoms with E-state index in [1.165, 1.54) is 6.07 Å². The van der Waals surface area contributed by atoms with Crippen LogP contribution in [0.4, 0.5) is 5.82 Å². The molecule has 1 aliphatic rings. The molecule has 1 aliphatic heterocycles. The van der Waals surface area contributed by atoms with Gasteiger partial charge in [0.1, 0.15) is 23.1 Å². The zero-order chi connectivity index (χ0) is 20.2. The van der Waals surface area contributed by atoms with Crippen molar-refractivity contribution < 1.29 is 19.1 Å². The fourth-order valence-electron chi connectivity index (χ4n) is 2.94. The van der Waals surface area contributed by atoms with E-state index in [0.717, 1.165) is 0 Å². The summed E-state index contributed by atoms with van der Waals surface area (Å²) in [6.07, 6.45) is 1.11. The fraction of sp³-hybridized carbons (Fsp3) is 0.579. The van der Waals surface area contributed by atoms with E-state index in [0.29, 0.717) is 31.7 Å². The highest BCUT2D eigenvalue weighted by Gasteiger charge is 2.30. The molecule has 0 bridgehead atoms. The van der Waals surface area contributed by atoms with Gasteiger partial charge in [0.2, 0.25) is 0 Å². The highest BCUT2D eigenvalue weighted by atomic mass is 16.6. The van der Waals surface area contributed by atoms with E-state index in [4.69, 9.17) is 9.47 Å². The minimum absolute atomic E-state index is 0.139. The summed E-state index contributed by atoms with van der Waals surface area (Å²) >= 11 is 0. The van der Waals surface area contributed by atoms with E-state index in [9.17, 15) is 19.6 Å². The number of hydrogen-bond acceptors (Lipinski definition) is 7. The molecule has 0 amide bonds. The van der Waals surface area contributed by atoms with Gasteiger partial charge in [0.15, 0.2) is 0 Å². The molecule has 2 rings (SSSR count). The van der Waals surface area contributed by atoms with Gasteiger partial charge in [-0.05, 0) is 46.6 Å². The summed E-state index contributed by atoms with van der Waals surface area (Å²) in [6.45, 7) is 8.25. The first-order valence-electron chi connectivity index (χ1n) is 8.98. The molecule has 8 nitrogen and oxygen atoms in total. The summed E-state index contributed by atoms with van der Waals surface area (Å²) in [6, 6.07) is 3.27. The van der Waals surface area contributed by atoms with Gasteiger partial charge in [-0.1, -0.05) is 0 Å². The molecule has 8 heteroatoms. The van der Waals surface area contributed by atoms with Crippen molar-refractivity contribution in [2.45, 2.75) is 46.1 Å². The number of aromatic amines is 1. The maximum atomic E-state index is 12.2. The Kier molecular flexibility index (Phi) is 6.26. The third-order valence-electron chi connectivity index (χ3n) is 4.19. The van der Waals surface area contributed by atoms with E-state index >= 15 is 0 Å². The van der Waals surface area contributed by atoms with Gasteiger partial charge >= 0.3 is 11.9 Å². The molecule has 1 aromatic heterocycles. The van der Waals surface area contributed by atoms with Crippen LogP contribution in [-0.2, 0) is 14.3 Å². The van der Waals surface area contributed by atoms with Crippen LogP contribution in [0.15, 0.2) is 10.9 Å². The van der Waals surface area contributed by atoms with E-state index in [1.807, 2.05) is 31.7 Å². The Morgan fingerprint density at radius 1 is 1.33 bits per heavy atom. The van der Waals surface area contributed by atoms with Crippen molar-refractivity contribution in [1.29, 1.82) is 5.26 Å². The molecule has 0 atom stereocenters. The number of nitrogens with one attached hydrogen (secondary N) is 1. The van der Waals surface area contributed by atoms with E-state index in [-0.39, 0.29) is 29.6 Å². The summed E-state index contributed by atoms with van der Waals surface area (Å²) in [7, 11) is 0. The highest BCUT2D eigenvalue weighted by molar-refractivity contribution is 5.90. The largest absolute Gasteiger partial charge is 0.462 e. The Hall–Kier alpha value is -2.82. The number of nitrogens with zero attached hydrogens (tertiary/aromatic N) is 2. The quantitative estimate of drug-likeness (QED) is 0.801. The number of pyridine rings is 1. The monoisotopic (exact) mass is 375 g/mol. The first-order valence-corrected chi connectivity index (χ1v) is 8.98. The van der Waals surface area contributed by atoms with Gasteiger partial charge in [0, 0.05) is 13.1 Å². The lowest BCUT2D eigenvalue weighted by Crippen LogP contribution is -2.40. The lowest BCUT2D eigenvalue weighted by Gasteiger charge is -2.33. The van der Waals surface area contributed by atoms with Crippen LogP contribution in [0.5, 0.6) is 0 Å². The molecule has 1 fully saturated rings. The van der Waals surface area contributed by atoms with Crippen LogP contribution in [0.3, 0.4) is 0 Å². The van der Waals surface area contributed by atoms with Gasteiger partial charge in [0.25, 0.3) is 5.56 Å². The summed E-state index contributed by atoms with van der Waals surface area (Å²) in [4.78, 5) is 40.7. The molecule has 0 aliphatic carbocycles. The number of H-pyrrole nitrogens is 1. The van der Waals surface area contributed by atoms with Crippen LogP contribution in [-0.4, -0.2) is 42.2 Å². The molecule has 0 radical (unpaired) electrons. The number of hydrogen-bond donors (Lipinski definition) is 1. The second-order valence-corrected chi connectivity index (χ2v) is 7.40. The number of carbonyl (C=O) groups excluding carboxylic acids is 2. The number of rotatable bonds is 4. The Labute approximate surface area is 158 Å². The molecule has 1 aromatic rings. The average Bonchev–Trinajstić information content (AvgIpc) is 2.60. The molecule has 1 N–H and O–H groups in total. The lowest BCUT2D eigenvalue weighted by atomic mass is 9.96. The number of ether oxygens (including phenoxy) is 2. The summed E-state index contributed by atoms with van der Waals surface area (Å²) in [5.74, 6) is -0.839. The number of carbonyl (C=O) groups is 2. The van der Waals surface area contributed by atoms with Gasteiger partial charge in [0.05, 0.1) is 18.1 Å². The van der Waals surface area contributed by atoms with Crippen LogP contribution in [0.25, 0.3) is 0 Å². The standard InChI is InChI=1S/C19H25N3O5/c1-5-26-18(25)14-10-13(11-20)15(21-16(14)23)22-8-6-12(7-9-22)17(24)27-19(2,3)4/h10,12H,5-9H2,1-4H3,(H,21,23). The van der Waals surface area contributed by atoms with Crippen LogP contribution in [0.2, 0.25) is 0 Å². The van der Waals surface area contributed by atoms with Crippen LogP contribution in [0, 0.1) is 17.2 Å². The molecular formula is C19H25N3O5. The van der Waals surface area contributed by atoms with E-state index in [2.05, 4.69) is 4.98 Å². The molecule has 0 spiro atoms. The Morgan fingerprint density at radius 3 is 2.48 bits per heavy atom. The Morgan fingerprint density at radius 2 is 1.96 bits per heavy atom. The average molecular weight is 375 g/mol. The minimum Gasteiger partial charge on any atom is -0.462 e. The number of piperidine rings is 1. The molecule has 146 valence electrons. The Bertz CT molecular complexity index is 808. The van der Waals surface area contributed by atoms with Crippen molar-refractivity contribution in [2.24, 2.45) is 5.92 Å². The molecule has 0 saturated carbocycles. The number of anilines is 1. The second kappa shape index (κ2) is 8.25. The molecule has 1 saturated heterocycles. The van der Waals surface area contributed by atoms with Gasteiger partial charge in [-0.25, -0.2) is 4.79 Å². The summed E-state index contributed by atoms with van der Waals surface area (Å²) in [5.41, 5.74) is -1.14. The first-order chi connectivity index (χ1) is 12.7. The normalized spacial score (nSPS) is 15.1. The van der Waals surface area contributed by atoms with E-state index in [1.54, 1.807) is 6.92 Å². The molecule has 2 heterocycles. The Balaban J connectivity index is 2.15. The number of aromatic nitrogens is 1. The van der Waals surface area contributed by atoms with Crippen LogP contribution < -0.4 is 10.5 Å². The molecule has 0 unspecified atom stereocenters. The number of esters is 2. The molecular weight excluding hydrogens is 350 g/mol. The van der Waals surface area contributed by atoms with Crippen LogP contribution in [0.1, 0.15) is 56.5 Å². The predicted molar refractivity (Wildman–Crippen MR) is 98.5 cm³/mol. The van der Waals surface area contributed by atoms with Crippen molar-refractivity contribution in [3.63, 3.8) is 0 Å². The molecule has 27 heavy (non-hydrogen) atoms. The van der Waals surface area contributed by atoms with Crippen LogP contribution >= 0.6 is 0 Å². The van der Waals surface area contributed by atoms with Crippen molar-refractivity contribution in [1.82, 2.24) is 4.98 Å². The highest BCUT2D eigenvalue weighted by Crippen LogP contribution is 2.26. The topological polar surface area (TPSA) is 112 Å². The number of nitriles is 1. The SMILES string of the molecule is CCOC(=O)c1cc(C#N)c(N2CCC(C(=O)OC(C)(C)C)CC2)[nH]c1=O. The zero-order valence-electron chi connectivity index (χ0n) is 16.1. The second-order valence-electron chi connectivity index (χ2n) is 7.40. The maximum Gasteiger partial charge on any atom is 0.343 e. The van der Waals surface area contributed by atoms with Gasteiger partial charge in [-0.15, -0.1) is 0 Å². The fourth-order valence-corrected chi connectivity index (χ4v) is 2.94. The van der Waals surface area contributed by atoms with Crippen molar-refractivity contribution in [3.8, 4) is 6.07 Å². The van der Waals surface area contributed by atoms with Gasteiger partial charge < -0.3 is 19.4 Å². The van der Waals surface area contributed by atoms with E-state index < -0.39 is 17.1 Å². The minimum atomic E-state index is -0.759.